The van der Waals surface area contributed by atoms with Crippen LogP contribution in [-0.4, -0.2) is 13.2 Å². The van der Waals surface area contributed by atoms with Crippen molar-refractivity contribution in [3.05, 3.63) is 23.8 Å². The van der Waals surface area contributed by atoms with Gasteiger partial charge in [-0.2, -0.15) is 0 Å². The molecular weight excluding hydrogens is 202 g/mol. The third kappa shape index (κ3) is 2.14. The number of ether oxygens (including phenoxy) is 2. The molecular formula is C13H19NO2. The van der Waals surface area contributed by atoms with Crippen LogP contribution in [0.1, 0.15) is 31.9 Å². The molecule has 3 heteroatoms. The molecule has 2 rings (SSSR count). The Hall–Kier alpha value is -1.22. The first-order valence-electron chi connectivity index (χ1n) is 5.87. The topological polar surface area (TPSA) is 44.5 Å². The van der Waals surface area contributed by atoms with Gasteiger partial charge >= 0.3 is 0 Å². The van der Waals surface area contributed by atoms with Crippen molar-refractivity contribution in [3.8, 4) is 11.5 Å². The number of hydrogen-bond acceptors (Lipinski definition) is 3. The molecule has 2 atom stereocenters. The van der Waals surface area contributed by atoms with Gasteiger partial charge in [0.2, 0.25) is 0 Å². The van der Waals surface area contributed by atoms with Gasteiger partial charge in [-0.25, -0.2) is 0 Å². The molecule has 0 radical (unpaired) electrons. The normalized spacial score (nSPS) is 23.4. The number of rotatable bonds is 3. The lowest BCUT2D eigenvalue weighted by atomic mass is 9.93. The maximum absolute atomic E-state index is 6.15. The summed E-state index contributed by atoms with van der Waals surface area (Å²) in [4.78, 5) is 0. The van der Waals surface area contributed by atoms with Crippen LogP contribution in [-0.2, 0) is 0 Å². The van der Waals surface area contributed by atoms with Crippen molar-refractivity contribution in [2.24, 2.45) is 11.7 Å². The van der Waals surface area contributed by atoms with Crippen LogP contribution < -0.4 is 15.2 Å². The third-order valence-corrected chi connectivity index (χ3v) is 2.93. The molecule has 1 aliphatic heterocycles. The van der Waals surface area contributed by atoms with E-state index in [0.717, 1.165) is 30.1 Å². The zero-order valence-electron chi connectivity index (χ0n) is 9.90. The maximum atomic E-state index is 6.15. The standard InChI is InChI=1S/C13H19NO2/c1-3-6-15-10-4-5-12-11(7-10)13(14)9(2)8-16-12/h4-5,7,9,13H,3,6,8,14H2,1-2H3. The lowest BCUT2D eigenvalue weighted by molar-refractivity contribution is 0.206. The number of fused-ring (bicyclic) bond motifs is 1. The van der Waals surface area contributed by atoms with E-state index in [4.69, 9.17) is 15.2 Å². The second kappa shape index (κ2) is 4.74. The van der Waals surface area contributed by atoms with Gasteiger partial charge in [0.15, 0.2) is 0 Å². The summed E-state index contributed by atoms with van der Waals surface area (Å²) in [6, 6.07) is 5.95. The summed E-state index contributed by atoms with van der Waals surface area (Å²) in [5.74, 6) is 2.14. The van der Waals surface area contributed by atoms with Crippen LogP contribution in [0.25, 0.3) is 0 Å². The Morgan fingerprint density at radius 1 is 1.50 bits per heavy atom. The Kier molecular flexibility index (Phi) is 3.34. The van der Waals surface area contributed by atoms with E-state index in [-0.39, 0.29) is 6.04 Å². The molecule has 0 fully saturated rings. The molecule has 1 aliphatic rings. The molecule has 2 unspecified atom stereocenters. The monoisotopic (exact) mass is 221 g/mol. The first-order valence-corrected chi connectivity index (χ1v) is 5.87. The Balaban J connectivity index is 2.22. The molecule has 0 bridgehead atoms. The SMILES string of the molecule is CCCOc1ccc2c(c1)C(N)C(C)CO2. The third-order valence-electron chi connectivity index (χ3n) is 2.93. The van der Waals surface area contributed by atoms with Gasteiger partial charge in [-0.05, 0) is 24.6 Å². The van der Waals surface area contributed by atoms with E-state index in [9.17, 15) is 0 Å². The molecule has 1 heterocycles. The van der Waals surface area contributed by atoms with Crippen molar-refractivity contribution in [2.75, 3.05) is 13.2 Å². The summed E-state index contributed by atoms with van der Waals surface area (Å²) in [5, 5.41) is 0. The van der Waals surface area contributed by atoms with Gasteiger partial charge in [-0.15, -0.1) is 0 Å². The van der Waals surface area contributed by atoms with E-state index in [1.165, 1.54) is 0 Å². The van der Waals surface area contributed by atoms with Gasteiger partial charge in [-0.3, -0.25) is 0 Å². The van der Waals surface area contributed by atoms with Crippen molar-refractivity contribution in [3.63, 3.8) is 0 Å². The first kappa shape index (κ1) is 11.3. The van der Waals surface area contributed by atoms with Crippen molar-refractivity contribution < 1.29 is 9.47 Å². The highest BCUT2D eigenvalue weighted by atomic mass is 16.5. The average Bonchev–Trinajstić information content (AvgIpc) is 2.31. The van der Waals surface area contributed by atoms with Crippen molar-refractivity contribution in [1.29, 1.82) is 0 Å². The van der Waals surface area contributed by atoms with E-state index in [2.05, 4.69) is 13.8 Å². The minimum Gasteiger partial charge on any atom is -0.494 e. The minimum absolute atomic E-state index is 0.0499. The molecule has 16 heavy (non-hydrogen) atoms. The summed E-state index contributed by atoms with van der Waals surface area (Å²) >= 11 is 0. The molecule has 1 aromatic rings. The first-order chi connectivity index (χ1) is 7.72. The summed E-state index contributed by atoms with van der Waals surface area (Å²) in [7, 11) is 0. The molecule has 0 aromatic heterocycles. The fourth-order valence-corrected chi connectivity index (χ4v) is 1.86. The minimum atomic E-state index is 0.0499. The smallest absolute Gasteiger partial charge is 0.124 e. The summed E-state index contributed by atoms with van der Waals surface area (Å²) in [5.41, 5.74) is 7.21. The van der Waals surface area contributed by atoms with E-state index in [1.807, 2.05) is 18.2 Å². The molecule has 88 valence electrons. The number of hydrogen-bond donors (Lipinski definition) is 1. The molecule has 0 amide bonds. The summed E-state index contributed by atoms with van der Waals surface area (Å²) in [6.07, 6.45) is 1.01. The Labute approximate surface area is 96.5 Å². The fourth-order valence-electron chi connectivity index (χ4n) is 1.86. The van der Waals surface area contributed by atoms with E-state index >= 15 is 0 Å². The molecule has 3 nitrogen and oxygen atoms in total. The van der Waals surface area contributed by atoms with Crippen molar-refractivity contribution >= 4 is 0 Å². The lowest BCUT2D eigenvalue weighted by Gasteiger charge is -2.29. The van der Waals surface area contributed by atoms with E-state index < -0.39 is 0 Å². The van der Waals surface area contributed by atoms with Gasteiger partial charge in [-0.1, -0.05) is 13.8 Å². The molecule has 2 N–H and O–H groups in total. The zero-order chi connectivity index (χ0) is 11.5. The van der Waals surface area contributed by atoms with Gasteiger partial charge in [0.25, 0.3) is 0 Å². The van der Waals surface area contributed by atoms with Crippen LogP contribution in [0.3, 0.4) is 0 Å². The van der Waals surface area contributed by atoms with Crippen LogP contribution in [0.2, 0.25) is 0 Å². The molecule has 0 saturated carbocycles. The van der Waals surface area contributed by atoms with E-state index in [0.29, 0.717) is 12.5 Å². The fraction of sp³-hybridized carbons (Fsp3) is 0.538. The highest BCUT2D eigenvalue weighted by molar-refractivity contribution is 5.43. The van der Waals surface area contributed by atoms with Gasteiger partial charge in [0.05, 0.1) is 13.2 Å². The largest absolute Gasteiger partial charge is 0.494 e. The van der Waals surface area contributed by atoms with Crippen LogP contribution in [0.5, 0.6) is 11.5 Å². The summed E-state index contributed by atoms with van der Waals surface area (Å²) < 4.78 is 11.2. The van der Waals surface area contributed by atoms with Crippen LogP contribution in [0.4, 0.5) is 0 Å². The Morgan fingerprint density at radius 3 is 3.06 bits per heavy atom. The van der Waals surface area contributed by atoms with Crippen LogP contribution >= 0.6 is 0 Å². The Bertz CT molecular complexity index is 365. The van der Waals surface area contributed by atoms with E-state index in [1.54, 1.807) is 0 Å². The predicted octanol–water partition coefficient (Wildman–Crippen LogP) is 2.50. The molecule has 1 aromatic carbocycles. The van der Waals surface area contributed by atoms with Crippen LogP contribution in [0, 0.1) is 5.92 Å². The van der Waals surface area contributed by atoms with Gasteiger partial charge in [0.1, 0.15) is 11.5 Å². The predicted molar refractivity (Wildman–Crippen MR) is 63.8 cm³/mol. The van der Waals surface area contributed by atoms with Crippen molar-refractivity contribution in [1.82, 2.24) is 0 Å². The van der Waals surface area contributed by atoms with Crippen LogP contribution in [0.15, 0.2) is 18.2 Å². The van der Waals surface area contributed by atoms with Crippen molar-refractivity contribution in [2.45, 2.75) is 26.3 Å². The number of benzene rings is 1. The second-order valence-corrected chi connectivity index (χ2v) is 4.36. The lowest BCUT2D eigenvalue weighted by Crippen LogP contribution is -2.29. The van der Waals surface area contributed by atoms with Gasteiger partial charge < -0.3 is 15.2 Å². The molecule has 0 spiro atoms. The molecule has 0 aliphatic carbocycles. The Morgan fingerprint density at radius 2 is 2.31 bits per heavy atom. The molecule has 0 saturated heterocycles. The zero-order valence-corrected chi connectivity index (χ0v) is 9.90. The van der Waals surface area contributed by atoms with Gasteiger partial charge in [0, 0.05) is 17.5 Å². The number of nitrogens with two attached hydrogens (primary N) is 1. The maximum Gasteiger partial charge on any atom is 0.124 e. The summed E-state index contributed by atoms with van der Waals surface area (Å²) in [6.45, 7) is 5.64. The average molecular weight is 221 g/mol. The highest BCUT2D eigenvalue weighted by Crippen LogP contribution is 2.35. The second-order valence-electron chi connectivity index (χ2n) is 4.36. The quantitative estimate of drug-likeness (QED) is 0.853. The highest BCUT2D eigenvalue weighted by Gasteiger charge is 2.25.